The number of nitro groups is 1. The standard InChI is InChI=1S/C26H25N5O4S.ClH/c32-25(21-8-4-5-9-23(21)35-20-6-2-1-3-7-20)27-12-13-29-14-16-30(17-15-29)26-28-22-11-10-19(31(33)34)18-24(22)36-26;/h1-11,18H,12-17H2,(H,27,32);1H. The van der Waals surface area contributed by atoms with Crippen LogP contribution in [0, 0.1) is 10.1 Å². The van der Waals surface area contributed by atoms with Gasteiger partial charge < -0.3 is 15.0 Å². The molecule has 0 aliphatic carbocycles. The number of thiazole rings is 1. The van der Waals surface area contributed by atoms with Gasteiger partial charge in [-0.3, -0.25) is 19.8 Å². The molecule has 0 unspecified atom stereocenters. The molecule has 1 fully saturated rings. The first-order chi connectivity index (χ1) is 17.6. The molecule has 2 heterocycles. The summed E-state index contributed by atoms with van der Waals surface area (Å²) in [4.78, 5) is 32.6. The van der Waals surface area contributed by atoms with E-state index in [2.05, 4.69) is 20.1 Å². The molecule has 5 rings (SSSR count). The van der Waals surface area contributed by atoms with Crippen molar-refractivity contribution in [3.8, 4) is 11.5 Å². The molecule has 0 spiro atoms. The van der Waals surface area contributed by atoms with E-state index in [4.69, 9.17) is 4.74 Å². The number of nitrogens with one attached hydrogen (secondary N) is 1. The zero-order valence-electron chi connectivity index (χ0n) is 19.9. The number of nitro benzene ring substituents is 1. The van der Waals surface area contributed by atoms with Crippen LogP contribution in [0.15, 0.2) is 72.8 Å². The van der Waals surface area contributed by atoms with Crippen LogP contribution >= 0.6 is 23.7 Å². The predicted octanol–water partition coefficient (Wildman–Crippen LogP) is 4.97. The van der Waals surface area contributed by atoms with Crippen molar-refractivity contribution in [2.24, 2.45) is 0 Å². The van der Waals surface area contributed by atoms with Gasteiger partial charge in [0, 0.05) is 51.4 Å². The Morgan fingerprint density at radius 2 is 1.76 bits per heavy atom. The van der Waals surface area contributed by atoms with Crippen LogP contribution < -0.4 is 15.0 Å². The fourth-order valence-electron chi connectivity index (χ4n) is 4.09. The predicted molar refractivity (Wildman–Crippen MR) is 147 cm³/mol. The molecule has 1 N–H and O–H groups in total. The zero-order chi connectivity index (χ0) is 24.9. The van der Waals surface area contributed by atoms with E-state index >= 15 is 0 Å². The van der Waals surface area contributed by atoms with E-state index in [1.54, 1.807) is 24.3 Å². The molecule has 11 heteroatoms. The Bertz CT molecular complexity index is 1380. The van der Waals surface area contributed by atoms with Gasteiger partial charge in [-0.15, -0.1) is 12.4 Å². The molecule has 192 valence electrons. The van der Waals surface area contributed by atoms with Crippen molar-refractivity contribution < 1.29 is 14.5 Å². The fourth-order valence-corrected chi connectivity index (χ4v) is 5.14. The number of piperazine rings is 1. The number of halogens is 1. The van der Waals surface area contributed by atoms with Gasteiger partial charge in [-0.25, -0.2) is 4.98 Å². The first kappa shape index (κ1) is 26.3. The van der Waals surface area contributed by atoms with Crippen LogP contribution in [0.2, 0.25) is 0 Å². The van der Waals surface area contributed by atoms with E-state index in [1.807, 2.05) is 42.5 Å². The van der Waals surface area contributed by atoms with Gasteiger partial charge in [0.25, 0.3) is 11.6 Å². The topological polar surface area (TPSA) is 101 Å². The Labute approximate surface area is 224 Å². The number of fused-ring (bicyclic) bond motifs is 1. The van der Waals surface area contributed by atoms with Gasteiger partial charge in [0.05, 0.1) is 20.7 Å². The van der Waals surface area contributed by atoms with Crippen molar-refractivity contribution in [3.63, 3.8) is 0 Å². The molecule has 1 saturated heterocycles. The van der Waals surface area contributed by atoms with Crippen LogP contribution in [0.4, 0.5) is 10.8 Å². The highest BCUT2D eigenvalue weighted by atomic mass is 35.5. The number of aromatic nitrogens is 1. The van der Waals surface area contributed by atoms with Gasteiger partial charge in [-0.05, 0) is 30.3 Å². The Hall–Kier alpha value is -3.73. The van der Waals surface area contributed by atoms with Gasteiger partial charge in [0.2, 0.25) is 0 Å². The Kier molecular flexibility index (Phi) is 8.54. The quantitative estimate of drug-likeness (QED) is 0.249. The van der Waals surface area contributed by atoms with E-state index < -0.39 is 0 Å². The third kappa shape index (κ3) is 6.34. The highest BCUT2D eigenvalue weighted by Gasteiger charge is 2.21. The summed E-state index contributed by atoms with van der Waals surface area (Å²) in [6.45, 7) is 4.59. The number of para-hydroxylation sites is 2. The van der Waals surface area contributed by atoms with E-state index in [0.29, 0.717) is 23.6 Å². The normalized spacial score (nSPS) is 13.7. The summed E-state index contributed by atoms with van der Waals surface area (Å²) in [6.07, 6.45) is 0. The molecule has 1 aliphatic rings. The maximum absolute atomic E-state index is 12.8. The number of carbonyl (C=O) groups excluding carboxylic acids is 1. The second-order valence-electron chi connectivity index (χ2n) is 8.40. The number of carbonyl (C=O) groups is 1. The zero-order valence-corrected chi connectivity index (χ0v) is 21.5. The van der Waals surface area contributed by atoms with Gasteiger partial charge >= 0.3 is 0 Å². The Morgan fingerprint density at radius 3 is 2.51 bits per heavy atom. The molecular weight excluding hydrogens is 514 g/mol. The molecule has 1 aliphatic heterocycles. The second-order valence-corrected chi connectivity index (χ2v) is 9.41. The highest BCUT2D eigenvalue weighted by Crippen LogP contribution is 2.32. The fraction of sp³-hybridized carbons (Fsp3) is 0.231. The van der Waals surface area contributed by atoms with E-state index in [-0.39, 0.29) is 28.9 Å². The summed E-state index contributed by atoms with van der Waals surface area (Å²) in [6, 6.07) is 21.4. The number of hydrogen-bond donors (Lipinski definition) is 1. The number of benzene rings is 3. The molecule has 3 aromatic carbocycles. The van der Waals surface area contributed by atoms with Crippen molar-refractivity contribution in [2.45, 2.75) is 0 Å². The molecule has 0 bridgehead atoms. The van der Waals surface area contributed by atoms with E-state index in [0.717, 1.165) is 48.1 Å². The summed E-state index contributed by atoms with van der Waals surface area (Å²) in [7, 11) is 0. The first-order valence-electron chi connectivity index (χ1n) is 11.7. The second kappa shape index (κ2) is 12.0. The third-order valence-electron chi connectivity index (χ3n) is 6.03. The molecule has 0 radical (unpaired) electrons. The van der Waals surface area contributed by atoms with Gasteiger partial charge in [0.15, 0.2) is 5.13 Å². The minimum Gasteiger partial charge on any atom is -0.457 e. The van der Waals surface area contributed by atoms with Crippen molar-refractivity contribution >= 4 is 50.7 Å². The smallest absolute Gasteiger partial charge is 0.270 e. The number of nitrogens with zero attached hydrogens (tertiary/aromatic N) is 4. The summed E-state index contributed by atoms with van der Waals surface area (Å²) >= 11 is 1.48. The lowest BCUT2D eigenvalue weighted by Gasteiger charge is -2.34. The Balaban J connectivity index is 0.00000320. The molecule has 0 saturated carbocycles. The van der Waals surface area contributed by atoms with Gasteiger partial charge in [-0.1, -0.05) is 41.7 Å². The maximum Gasteiger partial charge on any atom is 0.270 e. The molecule has 1 amide bonds. The van der Waals surface area contributed by atoms with Crippen LogP contribution in [0.1, 0.15) is 10.4 Å². The van der Waals surface area contributed by atoms with Crippen molar-refractivity contribution in [1.82, 2.24) is 15.2 Å². The van der Waals surface area contributed by atoms with Crippen molar-refractivity contribution in [2.75, 3.05) is 44.2 Å². The van der Waals surface area contributed by atoms with Crippen LogP contribution in [0.3, 0.4) is 0 Å². The van der Waals surface area contributed by atoms with Crippen LogP contribution in [0.25, 0.3) is 10.2 Å². The lowest BCUT2D eigenvalue weighted by Crippen LogP contribution is -2.48. The monoisotopic (exact) mass is 539 g/mol. The largest absolute Gasteiger partial charge is 0.457 e. The van der Waals surface area contributed by atoms with Crippen LogP contribution in [-0.2, 0) is 0 Å². The maximum atomic E-state index is 12.8. The number of rotatable bonds is 8. The number of non-ortho nitro benzene ring substituents is 1. The molecular formula is C26H26ClN5O4S. The summed E-state index contributed by atoms with van der Waals surface area (Å²) in [5, 5.41) is 14.9. The van der Waals surface area contributed by atoms with E-state index in [9.17, 15) is 14.9 Å². The molecule has 37 heavy (non-hydrogen) atoms. The SMILES string of the molecule is Cl.O=C(NCCN1CCN(c2nc3ccc([N+](=O)[O-])cc3s2)CC1)c1ccccc1Oc1ccccc1. The number of amides is 1. The van der Waals surface area contributed by atoms with Crippen molar-refractivity contribution in [1.29, 1.82) is 0 Å². The van der Waals surface area contributed by atoms with Crippen molar-refractivity contribution in [3.05, 3.63) is 88.5 Å². The summed E-state index contributed by atoms with van der Waals surface area (Å²) in [5.41, 5.74) is 1.36. The first-order valence-corrected chi connectivity index (χ1v) is 12.5. The average molecular weight is 540 g/mol. The number of ether oxygens (including phenoxy) is 1. The van der Waals surface area contributed by atoms with Crippen LogP contribution in [-0.4, -0.2) is 60.0 Å². The van der Waals surface area contributed by atoms with Gasteiger partial charge in [0.1, 0.15) is 11.5 Å². The molecule has 1 aromatic heterocycles. The Morgan fingerprint density at radius 1 is 1.03 bits per heavy atom. The molecule has 0 atom stereocenters. The minimum atomic E-state index is -0.384. The molecule has 4 aromatic rings. The minimum absolute atomic E-state index is 0. The lowest BCUT2D eigenvalue weighted by molar-refractivity contribution is -0.384. The summed E-state index contributed by atoms with van der Waals surface area (Å²) < 4.78 is 6.73. The highest BCUT2D eigenvalue weighted by molar-refractivity contribution is 7.22. The summed E-state index contributed by atoms with van der Waals surface area (Å²) in [5.74, 6) is 1.04. The lowest BCUT2D eigenvalue weighted by atomic mass is 10.2. The van der Waals surface area contributed by atoms with Crippen LogP contribution in [0.5, 0.6) is 11.5 Å². The number of anilines is 1. The van der Waals surface area contributed by atoms with Gasteiger partial charge in [-0.2, -0.15) is 0 Å². The number of hydrogen-bond acceptors (Lipinski definition) is 8. The van der Waals surface area contributed by atoms with E-state index in [1.165, 1.54) is 17.4 Å². The third-order valence-corrected chi connectivity index (χ3v) is 7.11. The average Bonchev–Trinajstić information content (AvgIpc) is 3.33. The molecule has 9 nitrogen and oxygen atoms in total.